The molecule has 1 saturated carbocycles. The van der Waals surface area contributed by atoms with Crippen LogP contribution in [0.4, 0.5) is 10.5 Å². The first-order valence-corrected chi connectivity index (χ1v) is 9.06. The zero-order valence-corrected chi connectivity index (χ0v) is 15.9. The number of hydrogen-bond donors (Lipinski definition) is 0. The number of rotatable bonds is 1. The Bertz CT molecular complexity index is 647. The zero-order valence-electron chi connectivity index (χ0n) is 14.3. The molecule has 0 unspecified atom stereocenters. The number of carbonyl (C=O) groups is 2. The van der Waals surface area contributed by atoms with E-state index in [0.29, 0.717) is 6.54 Å². The van der Waals surface area contributed by atoms with E-state index in [1.54, 1.807) is 9.80 Å². The van der Waals surface area contributed by atoms with E-state index in [-0.39, 0.29) is 24.1 Å². The number of hydrogen-bond acceptors (Lipinski definition) is 3. The molecule has 2 aliphatic rings. The number of nitrogens with zero attached hydrogens (tertiary/aromatic N) is 2. The fraction of sp³-hybridized carbons (Fsp3) is 0.556. The highest BCUT2D eigenvalue weighted by atomic mass is 79.9. The molecule has 3 rings (SSSR count). The van der Waals surface area contributed by atoms with Gasteiger partial charge in [-0.15, -0.1) is 0 Å². The van der Waals surface area contributed by atoms with Crippen LogP contribution in [0.3, 0.4) is 0 Å². The summed E-state index contributed by atoms with van der Waals surface area (Å²) in [5.74, 6) is -0.0688. The second-order valence-electron chi connectivity index (χ2n) is 7.60. The number of amides is 2. The summed E-state index contributed by atoms with van der Waals surface area (Å²) in [6.07, 6.45) is 2.51. The number of halogens is 1. The largest absolute Gasteiger partial charge is 0.444 e. The first-order valence-electron chi connectivity index (χ1n) is 8.27. The van der Waals surface area contributed by atoms with Crippen molar-refractivity contribution in [3.63, 3.8) is 0 Å². The quantitative estimate of drug-likeness (QED) is 0.724. The van der Waals surface area contributed by atoms with Crippen LogP contribution in [0.5, 0.6) is 0 Å². The van der Waals surface area contributed by atoms with Gasteiger partial charge in [-0.2, -0.15) is 0 Å². The molecule has 24 heavy (non-hydrogen) atoms. The molecule has 1 aliphatic carbocycles. The van der Waals surface area contributed by atoms with Gasteiger partial charge < -0.3 is 9.64 Å². The van der Waals surface area contributed by atoms with Gasteiger partial charge >= 0.3 is 6.09 Å². The average Bonchev–Trinajstić information content (AvgIpc) is 2.44. The SMILES string of the molecule is CC(C)(C)OC(=O)N1CC(=O)N(c2ccc(Br)cc2)CC12CCC2. The van der Waals surface area contributed by atoms with E-state index < -0.39 is 5.60 Å². The van der Waals surface area contributed by atoms with E-state index in [9.17, 15) is 9.59 Å². The van der Waals surface area contributed by atoms with Gasteiger partial charge in [0.15, 0.2) is 0 Å². The lowest BCUT2D eigenvalue weighted by atomic mass is 9.73. The minimum Gasteiger partial charge on any atom is -0.444 e. The fourth-order valence-electron chi connectivity index (χ4n) is 3.30. The molecule has 0 atom stereocenters. The van der Waals surface area contributed by atoms with Crippen LogP contribution in [0, 0.1) is 0 Å². The second-order valence-corrected chi connectivity index (χ2v) is 8.52. The summed E-state index contributed by atoms with van der Waals surface area (Å²) in [6.45, 7) is 6.15. The standard InChI is InChI=1S/C18H23BrN2O3/c1-17(2,3)24-16(23)21-11-15(22)20(12-18(21)9-4-10-18)14-7-5-13(19)6-8-14/h5-8H,4,9-12H2,1-3H3. The Kier molecular flexibility index (Phi) is 4.36. The highest BCUT2D eigenvalue weighted by Crippen LogP contribution is 2.42. The Morgan fingerprint density at radius 1 is 1.21 bits per heavy atom. The van der Waals surface area contributed by atoms with Crippen molar-refractivity contribution in [3.8, 4) is 0 Å². The highest BCUT2D eigenvalue weighted by Gasteiger charge is 2.52. The predicted molar refractivity (Wildman–Crippen MR) is 96.0 cm³/mol. The maximum Gasteiger partial charge on any atom is 0.411 e. The average molecular weight is 395 g/mol. The molecule has 1 aliphatic heterocycles. The van der Waals surface area contributed by atoms with Crippen LogP contribution in [0.1, 0.15) is 40.0 Å². The molecule has 0 bridgehead atoms. The van der Waals surface area contributed by atoms with Crippen LogP contribution in [-0.2, 0) is 9.53 Å². The van der Waals surface area contributed by atoms with Crippen molar-refractivity contribution in [1.29, 1.82) is 0 Å². The molecule has 1 aromatic carbocycles. The van der Waals surface area contributed by atoms with Crippen molar-refractivity contribution in [2.24, 2.45) is 0 Å². The monoisotopic (exact) mass is 394 g/mol. The van der Waals surface area contributed by atoms with E-state index in [1.807, 2.05) is 45.0 Å². The lowest BCUT2D eigenvalue weighted by Gasteiger charge is -2.54. The van der Waals surface area contributed by atoms with Crippen molar-refractivity contribution in [3.05, 3.63) is 28.7 Å². The smallest absolute Gasteiger partial charge is 0.411 e. The Morgan fingerprint density at radius 3 is 2.33 bits per heavy atom. The first-order chi connectivity index (χ1) is 11.2. The molecular weight excluding hydrogens is 372 g/mol. The van der Waals surface area contributed by atoms with Crippen molar-refractivity contribution in [2.75, 3.05) is 18.0 Å². The molecule has 2 fully saturated rings. The Labute approximate surface area is 151 Å². The first kappa shape index (κ1) is 17.3. The van der Waals surface area contributed by atoms with E-state index >= 15 is 0 Å². The number of carbonyl (C=O) groups excluding carboxylic acids is 2. The van der Waals surface area contributed by atoms with Gasteiger partial charge in [0.25, 0.3) is 0 Å². The minimum absolute atomic E-state index is 0.0688. The third kappa shape index (κ3) is 3.29. The molecular formula is C18H23BrN2O3. The predicted octanol–water partition coefficient (Wildman–Crippen LogP) is 3.96. The lowest BCUT2D eigenvalue weighted by molar-refractivity contribution is -0.127. The van der Waals surface area contributed by atoms with E-state index in [0.717, 1.165) is 29.4 Å². The van der Waals surface area contributed by atoms with Gasteiger partial charge in [-0.25, -0.2) is 4.79 Å². The molecule has 0 radical (unpaired) electrons. The van der Waals surface area contributed by atoms with Crippen LogP contribution in [0.15, 0.2) is 28.7 Å². The van der Waals surface area contributed by atoms with Gasteiger partial charge in [0.05, 0.1) is 5.54 Å². The molecule has 1 saturated heterocycles. The zero-order chi connectivity index (χ0) is 17.5. The number of ether oxygens (including phenoxy) is 1. The number of piperazine rings is 1. The minimum atomic E-state index is -0.562. The number of benzene rings is 1. The summed E-state index contributed by atoms with van der Waals surface area (Å²) in [5, 5.41) is 0. The Hall–Kier alpha value is -1.56. The Morgan fingerprint density at radius 2 is 1.83 bits per heavy atom. The molecule has 0 N–H and O–H groups in total. The van der Waals surface area contributed by atoms with Crippen molar-refractivity contribution < 1.29 is 14.3 Å². The van der Waals surface area contributed by atoms with E-state index in [1.165, 1.54) is 0 Å². The maximum atomic E-state index is 12.7. The van der Waals surface area contributed by atoms with Gasteiger partial charge in [-0.1, -0.05) is 15.9 Å². The molecule has 130 valence electrons. The van der Waals surface area contributed by atoms with Crippen LogP contribution >= 0.6 is 15.9 Å². The maximum absolute atomic E-state index is 12.7. The van der Waals surface area contributed by atoms with Crippen molar-refractivity contribution in [2.45, 2.75) is 51.2 Å². The fourth-order valence-corrected chi connectivity index (χ4v) is 3.56. The summed E-state index contributed by atoms with van der Waals surface area (Å²) in [6, 6.07) is 7.71. The van der Waals surface area contributed by atoms with Gasteiger partial charge in [0.1, 0.15) is 12.1 Å². The second kappa shape index (κ2) is 6.06. The lowest BCUT2D eigenvalue weighted by Crippen LogP contribution is -2.69. The van der Waals surface area contributed by atoms with Gasteiger partial charge in [-0.05, 0) is 64.3 Å². The molecule has 5 nitrogen and oxygen atoms in total. The normalized spacial score (nSPS) is 20.1. The van der Waals surface area contributed by atoms with Crippen LogP contribution < -0.4 is 4.90 Å². The molecule has 1 aromatic rings. The molecule has 1 heterocycles. The van der Waals surface area contributed by atoms with Crippen LogP contribution in [0.25, 0.3) is 0 Å². The topological polar surface area (TPSA) is 49.9 Å². The summed E-state index contributed by atoms with van der Waals surface area (Å²) in [5.41, 5.74) is 0.0235. The molecule has 0 aromatic heterocycles. The van der Waals surface area contributed by atoms with Crippen LogP contribution in [0.2, 0.25) is 0 Å². The van der Waals surface area contributed by atoms with Crippen LogP contribution in [-0.4, -0.2) is 41.1 Å². The molecule has 1 spiro atoms. The Balaban J connectivity index is 1.83. The summed E-state index contributed by atoms with van der Waals surface area (Å²) >= 11 is 3.42. The molecule has 6 heteroatoms. The summed E-state index contributed by atoms with van der Waals surface area (Å²) in [7, 11) is 0. The third-order valence-corrected chi connectivity index (χ3v) is 5.18. The highest BCUT2D eigenvalue weighted by molar-refractivity contribution is 9.10. The van der Waals surface area contributed by atoms with Crippen molar-refractivity contribution >= 4 is 33.6 Å². The third-order valence-electron chi connectivity index (χ3n) is 4.66. The molecule has 2 amide bonds. The summed E-state index contributed by atoms with van der Waals surface area (Å²) < 4.78 is 6.50. The van der Waals surface area contributed by atoms with E-state index in [2.05, 4.69) is 15.9 Å². The van der Waals surface area contributed by atoms with Gasteiger partial charge in [-0.3, -0.25) is 9.69 Å². The van der Waals surface area contributed by atoms with Gasteiger partial charge in [0.2, 0.25) is 5.91 Å². The van der Waals surface area contributed by atoms with E-state index in [4.69, 9.17) is 4.74 Å². The number of anilines is 1. The van der Waals surface area contributed by atoms with Crippen molar-refractivity contribution in [1.82, 2.24) is 4.90 Å². The van der Waals surface area contributed by atoms with Gasteiger partial charge in [0, 0.05) is 16.7 Å². The summed E-state index contributed by atoms with van der Waals surface area (Å²) in [4.78, 5) is 28.7.